The molecule has 0 aliphatic heterocycles. The highest BCUT2D eigenvalue weighted by Crippen LogP contribution is 2.25. The average Bonchev–Trinajstić information content (AvgIpc) is 2.89. The van der Waals surface area contributed by atoms with E-state index in [0.29, 0.717) is 5.75 Å². The van der Waals surface area contributed by atoms with E-state index in [2.05, 4.69) is 4.89 Å². The quantitative estimate of drug-likeness (QED) is 0.842. The Balaban J connectivity index is 2.16. The molecule has 106 valence electrons. The summed E-state index contributed by atoms with van der Waals surface area (Å²) in [4.78, 5) is 7.58. The van der Waals surface area contributed by atoms with Crippen LogP contribution < -0.4 is 9.62 Å². The Morgan fingerprint density at radius 1 is 1.26 bits per heavy atom. The maximum Gasteiger partial charge on any atom is 0.266 e. The van der Waals surface area contributed by atoms with E-state index < -0.39 is 10.0 Å². The lowest BCUT2D eigenvalue weighted by atomic mass is 10.2. The Hall–Kier alpha value is -1.11. The van der Waals surface area contributed by atoms with Gasteiger partial charge in [-0.15, -0.1) is 0 Å². The van der Waals surface area contributed by atoms with Gasteiger partial charge in [0, 0.05) is 0 Å². The average molecular weight is 285 g/mol. The molecule has 0 atom stereocenters. The number of nitrogens with one attached hydrogen (secondary N) is 1. The minimum Gasteiger partial charge on any atom is -0.495 e. The number of hydrogen-bond donors (Lipinski definition) is 1. The zero-order valence-electron chi connectivity index (χ0n) is 11.2. The fourth-order valence-corrected chi connectivity index (χ4v) is 3.29. The topological polar surface area (TPSA) is 64.6 Å². The molecule has 1 aliphatic carbocycles. The van der Waals surface area contributed by atoms with Crippen molar-refractivity contribution in [1.82, 2.24) is 4.89 Å². The molecule has 0 amide bonds. The minimum atomic E-state index is -3.71. The summed E-state index contributed by atoms with van der Waals surface area (Å²) in [7, 11) is -2.26. The first-order valence-corrected chi connectivity index (χ1v) is 7.83. The molecule has 6 heteroatoms. The number of methoxy groups -OCH3 is 1. The fraction of sp³-hybridized carbons (Fsp3) is 0.538. The van der Waals surface area contributed by atoms with Crippen molar-refractivity contribution in [2.45, 2.75) is 43.6 Å². The van der Waals surface area contributed by atoms with Crippen LogP contribution in [0.1, 0.15) is 31.2 Å². The lowest BCUT2D eigenvalue weighted by molar-refractivity contribution is 0.0223. The number of sulfonamides is 1. The molecular formula is C13H19NO4S. The van der Waals surface area contributed by atoms with Crippen molar-refractivity contribution in [3.8, 4) is 5.75 Å². The van der Waals surface area contributed by atoms with E-state index in [1.165, 1.54) is 7.11 Å². The second-order valence-electron chi connectivity index (χ2n) is 4.77. The molecule has 2 rings (SSSR count). The molecule has 0 bridgehead atoms. The highest BCUT2D eigenvalue weighted by atomic mass is 32.2. The summed E-state index contributed by atoms with van der Waals surface area (Å²) in [6.07, 6.45) is 3.94. The van der Waals surface area contributed by atoms with Crippen LogP contribution in [0.15, 0.2) is 23.1 Å². The van der Waals surface area contributed by atoms with E-state index >= 15 is 0 Å². The number of rotatable bonds is 5. The van der Waals surface area contributed by atoms with Crippen LogP contribution >= 0.6 is 0 Å². The van der Waals surface area contributed by atoms with Gasteiger partial charge in [0.05, 0.1) is 13.2 Å². The summed E-state index contributed by atoms with van der Waals surface area (Å²) in [5.74, 6) is 0.313. The lowest BCUT2D eigenvalue weighted by Gasteiger charge is -2.14. The van der Waals surface area contributed by atoms with Gasteiger partial charge in [-0.25, -0.2) is 8.42 Å². The molecule has 5 nitrogen and oxygen atoms in total. The van der Waals surface area contributed by atoms with Crippen LogP contribution in [0.25, 0.3) is 0 Å². The summed E-state index contributed by atoms with van der Waals surface area (Å²) in [6, 6.07) is 5.01. The van der Waals surface area contributed by atoms with Gasteiger partial charge in [0.1, 0.15) is 10.6 Å². The van der Waals surface area contributed by atoms with Crippen molar-refractivity contribution >= 4 is 10.0 Å². The van der Waals surface area contributed by atoms with E-state index in [0.717, 1.165) is 31.2 Å². The Morgan fingerprint density at radius 2 is 1.95 bits per heavy atom. The molecule has 0 radical (unpaired) electrons. The van der Waals surface area contributed by atoms with Crippen molar-refractivity contribution in [3.63, 3.8) is 0 Å². The lowest BCUT2D eigenvalue weighted by Crippen LogP contribution is -2.28. The summed E-state index contributed by atoms with van der Waals surface area (Å²) in [5.41, 5.74) is 0.849. The first-order valence-electron chi connectivity index (χ1n) is 6.35. The molecule has 0 aromatic heterocycles. The third-order valence-corrected chi connectivity index (χ3v) is 4.45. The van der Waals surface area contributed by atoms with E-state index in [4.69, 9.17) is 9.57 Å². The molecule has 1 N–H and O–H groups in total. The zero-order valence-corrected chi connectivity index (χ0v) is 12.0. The second kappa shape index (κ2) is 5.90. The maximum atomic E-state index is 12.2. The third-order valence-electron chi connectivity index (χ3n) is 3.24. The second-order valence-corrected chi connectivity index (χ2v) is 6.38. The molecule has 1 fully saturated rings. The molecule has 1 saturated carbocycles. The van der Waals surface area contributed by atoms with Crippen molar-refractivity contribution in [3.05, 3.63) is 23.8 Å². The summed E-state index contributed by atoms with van der Waals surface area (Å²) >= 11 is 0. The van der Waals surface area contributed by atoms with Gasteiger partial charge in [-0.05, 0) is 37.5 Å². The van der Waals surface area contributed by atoms with Gasteiger partial charge < -0.3 is 4.74 Å². The van der Waals surface area contributed by atoms with Crippen LogP contribution in [0.2, 0.25) is 0 Å². The molecule has 1 aromatic rings. The summed E-state index contributed by atoms with van der Waals surface area (Å²) < 4.78 is 29.5. The number of hydrogen-bond acceptors (Lipinski definition) is 4. The van der Waals surface area contributed by atoms with Crippen LogP contribution in [0.5, 0.6) is 5.75 Å². The Bertz CT molecular complexity index is 536. The Kier molecular flexibility index (Phi) is 4.44. The molecule has 0 spiro atoms. The number of ether oxygens (including phenoxy) is 1. The van der Waals surface area contributed by atoms with Gasteiger partial charge in [0.2, 0.25) is 0 Å². The van der Waals surface area contributed by atoms with Crippen LogP contribution in [0, 0.1) is 6.92 Å². The monoisotopic (exact) mass is 285 g/mol. The van der Waals surface area contributed by atoms with E-state index in [-0.39, 0.29) is 11.0 Å². The minimum absolute atomic E-state index is 0.0226. The highest BCUT2D eigenvalue weighted by molar-refractivity contribution is 7.89. The molecule has 0 unspecified atom stereocenters. The van der Waals surface area contributed by atoms with Gasteiger partial charge in [-0.3, -0.25) is 4.84 Å². The molecule has 1 aromatic carbocycles. The Labute approximate surface area is 113 Å². The molecule has 19 heavy (non-hydrogen) atoms. The third kappa shape index (κ3) is 3.46. The van der Waals surface area contributed by atoms with Crippen LogP contribution in [-0.4, -0.2) is 21.6 Å². The predicted molar refractivity (Wildman–Crippen MR) is 71.4 cm³/mol. The van der Waals surface area contributed by atoms with Crippen molar-refractivity contribution in [2.75, 3.05) is 7.11 Å². The number of aryl methyl sites for hydroxylation is 1. The Morgan fingerprint density at radius 3 is 2.58 bits per heavy atom. The van der Waals surface area contributed by atoms with Gasteiger partial charge in [0.15, 0.2) is 0 Å². The number of benzene rings is 1. The molecule has 0 saturated heterocycles. The van der Waals surface area contributed by atoms with Crippen LogP contribution in [0.4, 0.5) is 0 Å². The largest absolute Gasteiger partial charge is 0.495 e. The maximum absolute atomic E-state index is 12.2. The van der Waals surface area contributed by atoms with Crippen molar-refractivity contribution in [2.24, 2.45) is 0 Å². The fourth-order valence-electron chi connectivity index (χ4n) is 2.18. The smallest absolute Gasteiger partial charge is 0.266 e. The summed E-state index contributed by atoms with van der Waals surface area (Å²) in [6.45, 7) is 1.83. The normalized spacial score (nSPS) is 16.7. The first-order chi connectivity index (χ1) is 9.03. The van der Waals surface area contributed by atoms with E-state index in [9.17, 15) is 8.42 Å². The van der Waals surface area contributed by atoms with Gasteiger partial charge in [-0.2, -0.15) is 0 Å². The van der Waals surface area contributed by atoms with E-state index in [1.807, 2.05) is 6.92 Å². The zero-order chi connectivity index (χ0) is 13.9. The molecule has 0 heterocycles. The predicted octanol–water partition coefficient (Wildman–Crippen LogP) is 2.16. The van der Waals surface area contributed by atoms with Crippen LogP contribution in [0.3, 0.4) is 0 Å². The van der Waals surface area contributed by atoms with Gasteiger partial charge >= 0.3 is 0 Å². The first kappa shape index (κ1) is 14.3. The SMILES string of the molecule is COc1ccc(C)cc1S(=O)(=O)NOC1CCCC1. The van der Waals surface area contributed by atoms with E-state index in [1.54, 1.807) is 18.2 Å². The van der Waals surface area contributed by atoms with Gasteiger partial charge in [0.25, 0.3) is 10.0 Å². The molecular weight excluding hydrogens is 266 g/mol. The summed E-state index contributed by atoms with van der Waals surface area (Å²) in [5, 5.41) is 0. The van der Waals surface area contributed by atoms with Crippen LogP contribution in [-0.2, 0) is 14.9 Å². The van der Waals surface area contributed by atoms with Crippen molar-refractivity contribution < 1.29 is 18.0 Å². The van der Waals surface area contributed by atoms with Gasteiger partial charge in [-0.1, -0.05) is 23.8 Å². The van der Waals surface area contributed by atoms with Crippen molar-refractivity contribution in [1.29, 1.82) is 0 Å². The standard InChI is InChI=1S/C13H19NO4S/c1-10-7-8-12(17-2)13(9-10)19(15,16)14-18-11-5-3-4-6-11/h7-9,11,14H,3-6H2,1-2H3. The molecule has 1 aliphatic rings. The highest BCUT2D eigenvalue weighted by Gasteiger charge is 2.23.